The maximum Gasteiger partial charge on any atom is 0.241 e. The number of aromatic nitrogens is 2. The molecule has 3 aromatic rings. The number of amides is 1. The van der Waals surface area contributed by atoms with E-state index in [9.17, 15) is 13.2 Å². The van der Waals surface area contributed by atoms with Gasteiger partial charge in [-0.2, -0.15) is 4.72 Å². The first-order chi connectivity index (χ1) is 15.4. The number of nitrogens with one attached hydrogen (secondary N) is 2. The molecule has 8 nitrogen and oxygen atoms in total. The molecule has 32 heavy (non-hydrogen) atoms. The zero-order chi connectivity index (χ0) is 23.0. The minimum absolute atomic E-state index is 0.0470. The van der Waals surface area contributed by atoms with Gasteiger partial charge < -0.3 is 14.6 Å². The second kappa shape index (κ2) is 11.1. The van der Waals surface area contributed by atoms with Gasteiger partial charge in [-0.05, 0) is 36.6 Å². The number of carbonyl (C=O) groups excluding carboxylic acids is 1. The van der Waals surface area contributed by atoms with Crippen LogP contribution in [0.25, 0.3) is 0 Å². The van der Waals surface area contributed by atoms with E-state index in [1.54, 1.807) is 12.5 Å². The molecule has 0 saturated heterocycles. The van der Waals surface area contributed by atoms with Crippen molar-refractivity contribution in [1.82, 2.24) is 19.6 Å². The van der Waals surface area contributed by atoms with E-state index in [0.29, 0.717) is 25.3 Å². The molecule has 2 aromatic carbocycles. The highest BCUT2D eigenvalue weighted by Crippen LogP contribution is 2.27. The number of nitrogens with zero attached hydrogens (tertiary/aromatic N) is 2. The van der Waals surface area contributed by atoms with Crippen molar-refractivity contribution in [2.24, 2.45) is 0 Å². The van der Waals surface area contributed by atoms with Crippen LogP contribution in [-0.2, 0) is 27.8 Å². The zero-order valence-electron chi connectivity index (χ0n) is 17.6. The monoisotopic (exact) mass is 476 g/mol. The summed E-state index contributed by atoms with van der Waals surface area (Å²) in [5.74, 6) is -0.0373. The first-order valence-electron chi connectivity index (χ1n) is 10.0. The van der Waals surface area contributed by atoms with E-state index < -0.39 is 22.0 Å². The molecule has 170 valence electrons. The molecule has 3 rings (SSSR count). The predicted octanol–water partition coefficient (Wildman–Crippen LogP) is 2.64. The Morgan fingerprint density at radius 1 is 1.22 bits per heavy atom. The number of benzene rings is 2. The van der Waals surface area contributed by atoms with Crippen molar-refractivity contribution in [2.75, 3.05) is 13.7 Å². The third kappa shape index (κ3) is 6.56. The molecule has 10 heteroatoms. The van der Waals surface area contributed by atoms with Crippen LogP contribution >= 0.6 is 11.6 Å². The Kier molecular flexibility index (Phi) is 8.26. The van der Waals surface area contributed by atoms with Crippen LogP contribution in [0.2, 0.25) is 5.02 Å². The van der Waals surface area contributed by atoms with Gasteiger partial charge in [-0.1, -0.05) is 41.9 Å². The lowest BCUT2D eigenvalue weighted by atomic mass is 10.1. The highest BCUT2D eigenvalue weighted by atomic mass is 35.5. The fourth-order valence-electron chi connectivity index (χ4n) is 3.12. The summed E-state index contributed by atoms with van der Waals surface area (Å²) in [5, 5.41) is 2.99. The van der Waals surface area contributed by atoms with Gasteiger partial charge in [-0.15, -0.1) is 0 Å². The SMILES string of the molecule is COc1ccc(S(=O)(=O)N[C@@H](Cc2ccccc2)C(=O)NCCCn2ccnc2)cc1Cl. The van der Waals surface area contributed by atoms with Crippen molar-refractivity contribution < 1.29 is 17.9 Å². The topological polar surface area (TPSA) is 102 Å². The van der Waals surface area contributed by atoms with Gasteiger partial charge in [-0.3, -0.25) is 4.79 Å². The highest BCUT2D eigenvalue weighted by molar-refractivity contribution is 7.89. The summed E-state index contributed by atoms with van der Waals surface area (Å²) in [4.78, 5) is 16.8. The van der Waals surface area contributed by atoms with Crippen LogP contribution in [0.15, 0.2) is 72.1 Å². The van der Waals surface area contributed by atoms with E-state index >= 15 is 0 Å². The van der Waals surface area contributed by atoms with E-state index in [0.717, 1.165) is 5.56 Å². The molecule has 1 aromatic heterocycles. The molecule has 0 aliphatic heterocycles. The van der Waals surface area contributed by atoms with Crippen molar-refractivity contribution in [3.8, 4) is 5.75 Å². The van der Waals surface area contributed by atoms with Crippen LogP contribution in [0.1, 0.15) is 12.0 Å². The average Bonchev–Trinajstić information content (AvgIpc) is 3.30. The minimum atomic E-state index is -4.00. The summed E-state index contributed by atoms with van der Waals surface area (Å²) in [6, 6.07) is 12.4. The van der Waals surface area contributed by atoms with Gasteiger partial charge >= 0.3 is 0 Å². The predicted molar refractivity (Wildman–Crippen MR) is 122 cm³/mol. The van der Waals surface area contributed by atoms with Crippen LogP contribution in [0.4, 0.5) is 0 Å². The number of ether oxygens (including phenoxy) is 1. The lowest BCUT2D eigenvalue weighted by molar-refractivity contribution is -0.122. The number of methoxy groups -OCH3 is 1. The van der Waals surface area contributed by atoms with E-state index in [1.807, 2.05) is 41.1 Å². The van der Waals surface area contributed by atoms with E-state index in [4.69, 9.17) is 16.3 Å². The molecule has 0 saturated carbocycles. The summed E-state index contributed by atoms with van der Waals surface area (Å²) >= 11 is 6.09. The number of aryl methyl sites for hydroxylation is 1. The second-order valence-electron chi connectivity index (χ2n) is 7.11. The number of rotatable bonds is 11. The largest absolute Gasteiger partial charge is 0.495 e. The molecule has 0 unspecified atom stereocenters. The molecular formula is C22H25ClN4O4S. The Hall–Kier alpha value is -2.88. The molecule has 0 fully saturated rings. The molecular weight excluding hydrogens is 452 g/mol. The molecule has 1 atom stereocenters. The Morgan fingerprint density at radius 3 is 2.66 bits per heavy atom. The molecule has 0 bridgehead atoms. The van der Waals surface area contributed by atoms with Crippen LogP contribution in [0.5, 0.6) is 5.75 Å². The van der Waals surface area contributed by atoms with Crippen molar-refractivity contribution in [3.63, 3.8) is 0 Å². The third-order valence-corrected chi connectivity index (χ3v) is 6.55. The molecule has 0 aliphatic rings. The average molecular weight is 477 g/mol. The van der Waals surface area contributed by atoms with Crippen LogP contribution in [0.3, 0.4) is 0 Å². The first kappa shape index (κ1) is 23.8. The Balaban J connectivity index is 1.71. The molecule has 0 radical (unpaired) electrons. The normalized spacial score (nSPS) is 12.3. The van der Waals surface area contributed by atoms with E-state index in [-0.39, 0.29) is 16.3 Å². The number of sulfonamides is 1. The van der Waals surface area contributed by atoms with Crippen molar-refractivity contribution in [3.05, 3.63) is 77.8 Å². The number of carbonyl (C=O) groups is 1. The number of halogens is 1. The maximum atomic E-state index is 13.0. The minimum Gasteiger partial charge on any atom is -0.495 e. The lowest BCUT2D eigenvalue weighted by Gasteiger charge is -2.19. The van der Waals surface area contributed by atoms with Gasteiger partial charge in [0, 0.05) is 25.5 Å². The van der Waals surface area contributed by atoms with Gasteiger partial charge in [0.2, 0.25) is 15.9 Å². The van der Waals surface area contributed by atoms with Gasteiger partial charge in [0.15, 0.2) is 0 Å². The van der Waals surface area contributed by atoms with Crippen LogP contribution in [0, 0.1) is 0 Å². The van der Waals surface area contributed by atoms with Crippen molar-refractivity contribution in [1.29, 1.82) is 0 Å². The number of hydrogen-bond donors (Lipinski definition) is 2. The number of hydrogen-bond acceptors (Lipinski definition) is 5. The van der Waals surface area contributed by atoms with Crippen LogP contribution in [-0.4, -0.2) is 43.6 Å². The summed E-state index contributed by atoms with van der Waals surface area (Å²) in [7, 11) is -2.56. The summed E-state index contributed by atoms with van der Waals surface area (Å²) in [6.45, 7) is 1.10. The molecule has 2 N–H and O–H groups in total. The lowest BCUT2D eigenvalue weighted by Crippen LogP contribution is -2.48. The Morgan fingerprint density at radius 2 is 2.00 bits per heavy atom. The van der Waals surface area contributed by atoms with Crippen LogP contribution < -0.4 is 14.8 Å². The summed E-state index contributed by atoms with van der Waals surface area (Å²) in [6.07, 6.45) is 6.12. The van der Waals surface area contributed by atoms with Gasteiger partial charge in [0.1, 0.15) is 11.8 Å². The van der Waals surface area contributed by atoms with Gasteiger partial charge in [0.25, 0.3) is 0 Å². The fourth-order valence-corrected chi connectivity index (χ4v) is 4.67. The molecule has 0 aliphatic carbocycles. The Bertz CT molecular complexity index is 1120. The third-order valence-electron chi connectivity index (χ3n) is 4.78. The Labute approximate surface area is 192 Å². The quantitative estimate of drug-likeness (QED) is 0.414. The van der Waals surface area contributed by atoms with Crippen molar-refractivity contribution in [2.45, 2.75) is 30.3 Å². The number of imidazole rings is 1. The summed E-state index contributed by atoms with van der Waals surface area (Å²) in [5.41, 5.74) is 0.835. The standard InChI is InChI=1S/C22H25ClN4O4S/c1-31-21-9-8-18(15-19(21)23)32(29,30)26-20(14-17-6-3-2-4-7-17)22(28)25-10-5-12-27-13-11-24-16-27/h2-4,6-9,11,13,15-16,20,26H,5,10,12,14H2,1H3,(H,25,28)/t20-/m0/s1. The van der Waals surface area contributed by atoms with Crippen molar-refractivity contribution >= 4 is 27.5 Å². The van der Waals surface area contributed by atoms with Gasteiger partial charge in [-0.25, -0.2) is 13.4 Å². The first-order valence-corrected chi connectivity index (χ1v) is 11.9. The van der Waals surface area contributed by atoms with E-state index in [1.165, 1.54) is 25.3 Å². The maximum absolute atomic E-state index is 13.0. The van der Waals surface area contributed by atoms with E-state index in [2.05, 4.69) is 15.0 Å². The molecule has 0 spiro atoms. The summed E-state index contributed by atoms with van der Waals surface area (Å²) < 4.78 is 35.5. The van der Waals surface area contributed by atoms with Gasteiger partial charge in [0.05, 0.1) is 23.4 Å². The smallest absolute Gasteiger partial charge is 0.241 e. The second-order valence-corrected chi connectivity index (χ2v) is 9.23. The molecule has 1 amide bonds. The fraction of sp³-hybridized carbons (Fsp3) is 0.273. The molecule has 1 heterocycles. The highest BCUT2D eigenvalue weighted by Gasteiger charge is 2.26. The zero-order valence-corrected chi connectivity index (χ0v) is 19.1.